The predicted octanol–water partition coefficient (Wildman–Crippen LogP) is 6.55. The van der Waals surface area contributed by atoms with Gasteiger partial charge in [0, 0.05) is 6.61 Å². The Bertz CT molecular complexity index is 385. The van der Waals surface area contributed by atoms with Gasteiger partial charge in [-0.15, -0.1) is 0 Å². The summed E-state index contributed by atoms with van der Waals surface area (Å²) in [6.07, 6.45) is 2.28. The molecule has 0 heterocycles. The van der Waals surface area contributed by atoms with E-state index >= 15 is 0 Å². The summed E-state index contributed by atoms with van der Waals surface area (Å²) in [5.74, 6) is 2.23. The zero-order valence-electron chi connectivity index (χ0n) is 16.3. The lowest BCUT2D eigenvalue weighted by atomic mass is 10.1. The third kappa shape index (κ3) is 8.71. The van der Waals surface area contributed by atoms with Crippen molar-refractivity contribution < 1.29 is 4.43 Å². The van der Waals surface area contributed by atoms with Crippen molar-refractivity contribution >= 4 is 8.32 Å². The van der Waals surface area contributed by atoms with Gasteiger partial charge in [-0.3, -0.25) is 0 Å². The van der Waals surface area contributed by atoms with Crippen LogP contribution in [0, 0.1) is 17.8 Å². The van der Waals surface area contributed by atoms with Crippen molar-refractivity contribution in [3.8, 4) is 0 Å². The van der Waals surface area contributed by atoms with E-state index in [1.54, 1.807) is 0 Å². The SMILES string of the molecule is CC(C)C[Si](CC(C)C)(CC(C)C)OCCCc1ccccc1. The van der Waals surface area contributed by atoms with Crippen molar-refractivity contribution in [1.29, 1.82) is 0 Å². The summed E-state index contributed by atoms with van der Waals surface area (Å²) in [6, 6.07) is 14.7. The molecule has 1 aromatic rings. The van der Waals surface area contributed by atoms with E-state index in [9.17, 15) is 0 Å². The fourth-order valence-electron chi connectivity index (χ4n) is 3.87. The van der Waals surface area contributed by atoms with E-state index in [2.05, 4.69) is 71.9 Å². The van der Waals surface area contributed by atoms with Crippen LogP contribution >= 0.6 is 0 Å². The Kier molecular flexibility index (Phi) is 9.16. The van der Waals surface area contributed by atoms with Gasteiger partial charge in [-0.1, -0.05) is 71.9 Å². The molecule has 0 atom stereocenters. The van der Waals surface area contributed by atoms with E-state index < -0.39 is 8.32 Å². The fraction of sp³-hybridized carbons (Fsp3) is 0.714. The third-order valence-electron chi connectivity index (χ3n) is 4.20. The molecule has 1 aromatic carbocycles. The van der Waals surface area contributed by atoms with Crippen LogP contribution in [-0.4, -0.2) is 14.9 Å². The Morgan fingerprint density at radius 2 is 1.26 bits per heavy atom. The second-order valence-electron chi connectivity index (χ2n) is 8.41. The van der Waals surface area contributed by atoms with Crippen LogP contribution in [0.1, 0.15) is 53.5 Å². The van der Waals surface area contributed by atoms with Gasteiger partial charge in [0.15, 0.2) is 8.32 Å². The van der Waals surface area contributed by atoms with Crippen molar-refractivity contribution in [3.05, 3.63) is 35.9 Å². The average molecular weight is 335 g/mol. The number of hydrogen-bond acceptors (Lipinski definition) is 1. The molecule has 0 aliphatic heterocycles. The Morgan fingerprint density at radius 3 is 1.70 bits per heavy atom. The predicted molar refractivity (Wildman–Crippen MR) is 105 cm³/mol. The van der Waals surface area contributed by atoms with Gasteiger partial charge >= 0.3 is 0 Å². The van der Waals surface area contributed by atoms with Crippen LogP contribution in [0.2, 0.25) is 18.1 Å². The van der Waals surface area contributed by atoms with E-state index in [0.717, 1.165) is 37.2 Å². The van der Waals surface area contributed by atoms with Crippen LogP contribution in [0.15, 0.2) is 30.3 Å². The molecule has 1 rings (SSSR count). The van der Waals surface area contributed by atoms with Crippen molar-refractivity contribution in [3.63, 3.8) is 0 Å². The zero-order chi connectivity index (χ0) is 17.3. The zero-order valence-corrected chi connectivity index (χ0v) is 17.3. The first-order valence-corrected chi connectivity index (χ1v) is 12.0. The Labute approximate surface area is 146 Å². The van der Waals surface area contributed by atoms with E-state index in [1.165, 1.54) is 23.7 Å². The quantitative estimate of drug-likeness (QED) is 0.329. The monoisotopic (exact) mass is 334 g/mol. The third-order valence-corrected chi connectivity index (χ3v) is 9.70. The van der Waals surface area contributed by atoms with Crippen molar-refractivity contribution in [2.24, 2.45) is 17.8 Å². The second kappa shape index (κ2) is 10.3. The number of rotatable bonds is 11. The van der Waals surface area contributed by atoms with Gasteiger partial charge in [0.2, 0.25) is 0 Å². The van der Waals surface area contributed by atoms with Crippen LogP contribution in [0.4, 0.5) is 0 Å². The Morgan fingerprint density at radius 1 is 0.783 bits per heavy atom. The van der Waals surface area contributed by atoms with Gasteiger partial charge in [-0.25, -0.2) is 0 Å². The molecule has 0 aliphatic rings. The highest BCUT2D eigenvalue weighted by atomic mass is 28.4. The highest BCUT2D eigenvalue weighted by Crippen LogP contribution is 2.33. The first-order valence-electron chi connectivity index (χ1n) is 9.51. The van der Waals surface area contributed by atoms with Crippen molar-refractivity contribution in [2.45, 2.75) is 72.5 Å². The molecule has 0 unspecified atom stereocenters. The smallest absolute Gasteiger partial charge is 0.193 e. The van der Waals surface area contributed by atoms with Crippen LogP contribution in [-0.2, 0) is 10.8 Å². The lowest BCUT2D eigenvalue weighted by Gasteiger charge is -2.36. The van der Waals surface area contributed by atoms with Crippen LogP contribution in [0.25, 0.3) is 0 Å². The Balaban J connectivity index is 2.62. The molecule has 0 spiro atoms. The summed E-state index contributed by atoms with van der Waals surface area (Å²) in [4.78, 5) is 0. The molecule has 1 nitrogen and oxygen atoms in total. The molecule has 0 bridgehead atoms. The van der Waals surface area contributed by atoms with E-state index in [1.807, 2.05) is 0 Å². The fourth-order valence-corrected chi connectivity index (χ4v) is 9.76. The molecule has 0 radical (unpaired) electrons. The van der Waals surface area contributed by atoms with Gasteiger partial charge in [0.1, 0.15) is 0 Å². The molecular weight excluding hydrogens is 296 g/mol. The molecule has 0 N–H and O–H groups in total. The maximum Gasteiger partial charge on any atom is 0.193 e. The van der Waals surface area contributed by atoms with Gasteiger partial charge in [0.05, 0.1) is 0 Å². The molecule has 0 amide bonds. The molecule has 23 heavy (non-hydrogen) atoms. The normalized spacial score (nSPS) is 12.6. The second-order valence-corrected chi connectivity index (χ2v) is 12.3. The largest absolute Gasteiger partial charge is 0.417 e. The summed E-state index contributed by atoms with van der Waals surface area (Å²) in [7, 11) is -1.62. The van der Waals surface area contributed by atoms with E-state index in [-0.39, 0.29) is 0 Å². The molecule has 2 heteroatoms. The lowest BCUT2D eigenvalue weighted by Crippen LogP contribution is -2.42. The molecule has 0 aliphatic carbocycles. The molecule has 0 fully saturated rings. The number of aryl methyl sites for hydroxylation is 1. The van der Waals surface area contributed by atoms with Crippen molar-refractivity contribution in [2.75, 3.05) is 6.61 Å². The highest BCUT2D eigenvalue weighted by Gasteiger charge is 2.36. The van der Waals surface area contributed by atoms with Gasteiger partial charge < -0.3 is 4.43 Å². The van der Waals surface area contributed by atoms with E-state index in [0.29, 0.717) is 0 Å². The summed E-state index contributed by atoms with van der Waals surface area (Å²) in [6.45, 7) is 15.1. The minimum atomic E-state index is -1.62. The minimum absolute atomic E-state index is 0.744. The maximum absolute atomic E-state index is 6.72. The lowest BCUT2D eigenvalue weighted by molar-refractivity contribution is 0.279. The molecule has 0 aromatic heterocycles. The first kappa shape index (κ1) is 20.4. The van der Waals surface area contributed by atoms with Gasteiger partial charge in [-0.05, 0) is 54.3 Å². The molecular formula is C21H38OSi. The topological polar surface area (TPSA) is 9.23 Å². The molecule has 0 saturated heterocycles. The Hall–Kier alpha value is -0.603. The van der Waals surface area contributed by atoms with Gasteiger partial charge in [-0.2, -0.15) is 0 Å². The first-order chi connectivity index (χ1) is 10.8. The van der Waals surface area contributed by atoms with Crippen LogP contribution < -0.4 is 0 Å². The molecule has 132 valence electrons. The summed E-state index contributed by atoms with van der Waals surface area (Å²) in [5, 5.41) is 0. The maximum atomic E-state index is 6.72. The van der Waals surface area contributed by atoms with Crippen LogP contribution in [0.3, 0.4) is 0 Å². The molecule has 0 saturated carbocycles. The summed E-state index contributed by atoms with van der Waals surface area (Å²) >= 11 is 0. The standard InChI is InChI=1S/C21H38OSi/c1-18(2)15-23(16-19(3)4,17-20(5)6)22-14-10-13-21-11-8-7-9-12-21/h7-9,11-12,18-20H,10,13-17H2,1-6H3. The van der Waals surface area contributed by atoms with Crippen molar-refractivity contribution in [1.82, 2.24) is 0 Å². The average Bonchev–Trinajstić information content (AvgIpc) is 2.42. The highest BCUT2D eigenvalue weighted by molar-refractivity contribution is 6.74. The number of benzene rings is 1. The summed E-state index contributed by atoms with van der Waals surface area (Å²) in [5.41, 5.74) is 1.43. The number of hydrogen-bond donors (Lipinski definition) is 0. The van der Waals surface area contributed by atoms with E-state index in [4.69, 9.17) is 4.43 Å². The van der Waals surface area contributed by atoms with Crippen LogP contribution in [0.5, 0.6) is 0 Å². The summed E-state index contributed by atoms with van der Waals surface area (Å²) < 4.78 is 6.72. The van der Waals surface area contributed by atoms with Gasteiger partial charge in [0.25, 0.3) is 0 Å². The minimum Gasteiger partial charge on any atom is -0.417 e.